The van der Waals surface area contributed by atoms with Gasteiger partial charge in [0.25, 0.3) is 0 Å². The van der Waals surface area contributed by atoms with Crippen molar-refractivity contribution in [1.82, 2.24) is 0 Å². The van der Waals surface area contributed by atoms with E-state index in [4.69, 9.17) is 14.6 Å². The minimum Gasteiger partial charge on any atom is -0.496 e. The van der Waals surface area contributed by atoms with E-state index in [2.05, 4.69) is 0 Å². The van der Waals surface area contributed by atoms with Gasteiger partial charge < -0.3 is 14.6 Å². The Bertz CT molecular complexity index is 333. The van der Waals surface area contributed by atoms with Crippen molar-refractivity contribution in [2.24, 2.45) is 0 Å². The molecule has 1 rings (SSSR count). The monoisotopic (exact) mass is 196 g/mol. The number of ether oxygens (including phenoxy) is 2. The van der Waals surface area contributed by atoms with Crippen LogP contribution in [-0.4, -0.2) is 25.6 Å². The van der Waals surface area contributed by atoms with E-state index in [9.17, 15) is 4.79 Å². The summed E-state index contributed by atoms with van der Waals surface area (Å²) in [7, 11) is 2.95. The summed E-state index contributed by atoms with van der Waals surface area (Å²) >= 11 is 0. The van der Waals surface area contributed by atoms with Crippen molar-refractivity contribution < 1.29 is 19.4 Å². The van der Waals surface area contributed by atoms with Crippen LogP contribution < -0.4 is 9.47 Å². The molecular formula is C10H12O4. The van der Waals surface area contributed by atoms with Crippen molar-refractivity contribution >= 4 is 6.29 Å². The van der Waals surface area contributed by atoms with E-state index in [-0.39, 0.29) is 6.61 Å². The second-order valence-electron chi connectivity index (χ2n) is 2.68. The Kier molecular flexibility index (Phi) is 3.48. The summed E-state index contributed by atoms with van der Waals surface area (Å²) in [6.45, 7) is -0.154. The number of aldehydes is 1. The first-order valence-electron chi connectivity index (χ1n) is 4.07. The highest BCUT2D eigenvalue weighted by Gasteiger charge is 2.09. The van der Waals surface area contributed by atoms with Crippen LogP contribution in [0.15, 0.2) is 12.1 Å². The van der Waals surface area contributed by atoms with E-state index in [0.29, 0.717) is 28.9 Å². The molecule has 1 N–H and O–H groups in total. The van der Waals surface area contributed by atoms with Crippen LogP contribution in [0.4, 0.5) is 0 Å². The van der Waals surface area contributed by atoms with Crippen LogP contribution in [0.1, 0.15) is 15.9 Å². The summed E-state index contributed by atoms with van der Waals surface area (Å²) in [5, 5.41) is 9.01. The molecule has 0 heterocycles. The van der Waals surface area contributed by atoms with Gasteiger partial charge in [-0.2, -0.15) is 0 Å². The van der Waals surface area contributed by atoms with Gasteiger partial charge in [0.2, 0.25) is 0 Å². The lowest BCUT2D eigenvalue weighted by molar-refractivity contribution is 0.112. The van der Waals surface area contributed by atoms with Crippen molar-refractivity contribution in [3.05, 3.63) is 23.3 Å². The summed E-state index contributed by atoms with van der Waals surface area (Å²) in [5.74, 6) is 0.917. The third kappa shape index (κ3) is 1.85. The first kappa shape index (κ1) is 10.5. The van der Waals surface area contributed by atoms with Crippen LogP contribution in [0, 0.1) is 0 Å². The number of hydrogen-bond acceptors (Lipinski definition) is 4. The first-order valence-corrected chi connectivity index (χ1v) is 4.07. The van der Waals surface area contributed by atoms with Crippen LogP contribution in [0.3, 0.4) is 0 Å². The van der Waals surface area contributed by atoms with Crippen molar-refractivity contribution in [2.45, 2.75) is 6.61 Å². The SMILES string of the molecule is COc1cc(CO)c(OC)cc1C=O. The van der Waals surface area contributed by atoms with E-state index < -0.39 is 0 Å². The molecule has 0 spiro atoms. The van der Waals surface area contributed by atoms with Gasteiger partial charge in [0.15, 0.2) is 6.29 Å². The number of aliphatic hydroxyl groups excluding tert-OH is 1. The van der Waals surface area contributed by atoms with Crippen LogP contribution in [0.2, 0.25) is 0 Å². The molecule has 0 fully saturated rings. The fourth-order valence-corrected chi connectivity index (χ4v) is 1.20. The average Bonchev–Trinajstić information content (AvgIpc) is 2.26. The minimum atomic E-state index is -0.154. The molecular weight excluding hydrogens is 184 g/mol. The van der Waals surface area contributed by atoms with Gasteiger partial charge in [-0.1, -0.05) is 0 Å². The molecule has 0 amide bonds. The van der Waals surface area contributed by atoms with Gasteiger partial charge in [-0.3, -0.25) is 4.79 Å². The van der Waals surface area contributed by atoms with E-state index in [1.165, 1.54) is 20.3 Å². The number of rotatable bonds is 4. The Morgan fingerprint density at radius 1 is 1.29 bits per heavy atom. The Balaban J connectivity index is 3.27. The predicted octanol–water partition coefficient (Wildman–Crippen LogP) is 1.01. The Morgan fingerprint density at radius 2 is 1.93 bits per heavy atom. The average molecular weight is 196 g/mol. The quantitative estimate of drug-likeness (QED) is 0.730. The number of hydrogen-bond donors (Lipinski definition) is 1. The molecule has 0 aliphatic carbocycles. The molecule has 0 aromatic heterocycles. The van der Waals surface area contributed by atoms with Crippen LogP contribution >= 0.6 is 0 Å². The van der Waals surface area contributed by atoms with Gasteiger partial charge in [-0.05, 0) is 12.1 Å². The fraction of sp³-hybridized carbons (Fsp3) is 0.300. The van der Waals surface area contributed by atoms with Crippen molar-refractivity contribution in [3.63, 3.8) is 0 Å². The van der Waals surface area contributed by atoms with Gasteiger partial charge in [-0.25, -0.2) is 0 Å². The topological polar surface area (TPSA) is 55.8 Å². The highest BCUT2D eigenvalue weighted by Crippen LogP contribution is 2.27. The van der Waals surface area contributed by atoms with E-state index in [1.807, 2.05) is 0 Å². The molecule has 0 saturated carbocycles. The lowest BCUT2D eigenvalue weighted by Crippen LogP contribution is -1.97. The molecule has 1 aromatic rings. The van der Waals surface area contributed by atoms with Crippen molar-refractivity contribution in [2.75, 3.05) is 14.2 Å². The van der Waals surface area contributed by atoms with Crippen molar-refractivity contribution in [3.8, 4) is 11.5 Å². The third-order valence-electron chi connectivity index (χ3n) is 1.93. The molecule has 0 radical (unpaired) electrons. The maximum atomic E-state index is 10.7. The largest absolute Gasteiger partial charge is 0.496 e. The van der Waals surface area contributed by atoms with Crippen molar-refractivity contribution in [1.29, 1.82) is 0 Å². The summed E-state index contributed by atoms with van der Waals surface area (Å²) in [6.07, 6.45) is 0.683. The second-order valence-corrected chi connectivity index (χ2v) is 2.68. The van der Waals surface area contributed by atoms with Gasteiger partial charge in [0, 0.05) is 5.56 Å². The Labute approximate surface area is 82.1 Å². The molecule has 0 aliphatic rings. The highest BCUT2D eigenvalue weighted by molar-refractivity contribution is 5.80. The number of carbonyl (C=O) groups is 1. The summed E-state index contributed by atoms with van der Waals surface area (Å²) in [4.78, 5) is 10.7. The lowest BCUT2D eigenvalue weighted by Gasteiger charge is -2.10. The summed E-state index contributed by atoms with van der Waals surface area (Å²) in [5.41, 5.74) is 0.997. The maximum absolute atomic E-state index is 10.7. The van der Waals surface area contributed by atoms with E-state index in [0.717, 1.165) is 0 Å². The zero-order chi connectivity index (χ0) is 10.6. The number of carbonyl (C=O) groups excluding carboxylic acids is 1. The van der Waals surface area contributed by atoms with Crippen LogP contribution in [-0.2, 0) is 6.61 Å². The van der Waals surface area contributed by atoms with E-state index >= 15 is 0 Å². The minimum absolute atomic E-state index is 0.154. The van der Waals surface area contributed by atoms with Gasteiger partial charge in [0.05, 0.1) is 26.4 Å². The fourth-order valence-electron chi connectivity index (χ4n) is 1.20. The normalized spacial score (nSPS) is 9.64. The predicted molar refractivity (Wildman–Crippen MR) is 50.9 cm³/mol. The van der Waals surface area contributed by atoms with Gasteiger partial charge >= 0.3 is 0 Å². The summed E-state index contributed by atoms with van der Waals surface area (Å²) in [6, 6.07) is 3.12. The first-order chi connectivity index (χ1) is 6.76. The number of methoxy groups -OCH3 is 2. The molecule has 4 heteroatoms. The third-order valence-corrected chi connectivity index (χ3v) is 1.93. The lowest BCUT2D eigenvalue weighted by atomic mass is 10.1. The number of aliphatic hydroxyl groups is 1. The highest BCUT2D eigenvalue weighted by atomic mass is 16.5. The number of benzene rings is 1. The Hall–Kier alpha value is -1.55. The molecule has 0 atom stereocenters. The molecule has 0 bridgehead atoms. The van der Waals surface area contributed by atoms with Gasteiger partial charge in [0.1, 0.15) is 11.5 Å². The standard InChI is InChI=1S/C10H12O4/c1-13-9-3-8(6-12)10(14-2)4-7(9)5-11/h3-5,12H,6H2,1-2H3. The second kappa shape index (κ2) is 4.62. The molecule has 0 aliphatic heterocycles. The molecule has 0 saturated heterocycles. The van der Waals surface area contributed by atoms with Crippen LogP contribution in [0.5, 0.6) is 11.5 Å². The molecule has 0 unspecified atom stereocenters. The molecule has 4 nitrogen and oxygen atoms in total. The Morgan fingerprint density at radius 3 is 2.36 bits per heavy atom. The summed E-state index contributed by atoms with van der Waals surface area (Å²) < 4.78 is 9.98. The maximum Gasteiger partial charge on any atom is 0.153 e. The molecule has 1 aromatic carbocycles. The zero-order valence-electron chi connectivity index (χ0n) is 8.11. The van der Waals surface area contributed by atoms with E-state index in [1.54, 1.807) is 6.07 Å². The smallest absolute Gasteiger partial charge is 0.153 e. The molecule has 76 valence electrons. The van der Waals surface area contributed by atoms with Crippen LogP contribution in [0.25, 0.3) is 0 Å². The van der Waals surface area contributed by atoms with Gasteiger partial charge in [-0.15, -0.1) is 0 Å². The zero-order valence-corrected chi connectivity index (χ0v) is 8.11. The molecule has 14 heavy (non-hydrogen) atoms.